The van der Waals surface area contributed by atoms with Gasteiger partial charge in [0.1, 0.15) is 6.29 Å². The van der Waals surface area contributed by atoms with Crippen molar-refractivity contribution in [2.24, 2.45) is 0 Å². The minimum absolute atomic E-state index is 0.0619. The van der Waals surface area contributed by atoms with Crippen LogP contribution in [0.1, 0.15) is 90.4 Å². The molecule has 0 aromatic heterocycles. The lowest BCUT2D eigenvalue weighted by molar-refractivity contribution is -0.151. The first-order valence-electron chi connectivity index (χ1n) is 9.00. The van der Waals surface area contributed by atoms with Crippen molar-refractivity contribution in [2.45, 2.75) is 96.5 Å². The van der Waals surface area contributed by atoms with Crippen LogP contribution in [0.25, 0.3) is 0 Å². The van der Waals surface area contributed by atoms with E-state index in [0.717, 1.165) is 12.8 Å². The number of ether oxygens (including phenoxy) is 1. The molecule has 0 aliphatic carbocycles. The summed E-state index contributed by atoms with van der Waals surface area (Å²) in [5.74, 6) is -1.05. The first-order valence-corrected chi connectivity index (χ1v) is 9.00. The Bertz CT molecular complexity index is 266. The molecule has 0 aromatic rings. The van der Waals surface area contributed by atoms with Gasteiger partial charge >= 0.3 is 5.97 Å². The Hall–Kier alpha value is -0.900. The van der Waals surface area contributed by atoms with Crippen LogP contribution in [0, 0.1) is 0 Å². The van der Waals surface area contributed by atoms with E-state index in [2.05, 4.69) is 6.92 Å². The molecule has 0 aliphatic rings. The Morgan fingerprint density at radius 2 is 1.36 bits per heavy atom. The van der Waals surface area contributed by atoms with E-state index in [0.29, 0.717) is 12.9 Å². The average Bonchev–Trinajstić information content (AvgIpc) is 2.50. The van der Waals surface area contributed by atoms with Gasteiger partial charge in [-0.05, 0) is 6.42 Å². The second-order valence-corrected chi connectivity index (χ2v) is 5.99. The molecule has 0 fully saturated rings. The summed E-state index contributed by atoms with van der Waals surface area (Å²) in [7, 11) is 0. The molecule has 22 heavy (non-hydrogen) atoms. The standard InChI is InChI=1S/C18H34O4/c1-2-3-4-5-6-7-8-9-10-11-12-13-16-22-17(14-15-19)18(20)21/h15,17H,2-14,16H2,1H3,(H,20,21). The molecule has 0 bridgehead atoms. The molecule has 1 N–H and O–H groups in total. The van der Waals surface area contributed by atoms with E-state index in [9.17, 15) is 9.59 Å². The molecule has 4 heteroatoms. The highest BCUT2D eigenvalue weighted by Crippen LogP contribution is 2.12. The van der Waals surface area contributed by atoms with Crippen molar-refractivity contribution in [2.75, 3.05) is 6.61 Å². The number of carbonyl (C=O) groups is 2. The maximum absolute atomic E-state index is 10.8. The van der Waals surface area contributed by atoms with Crippen molar-refractivity contribution in [1.82, 2.24) is 0 Å². The summed E-state index contributed by atoms with van der Waals surface area (Å²) in [6.45, 7) is 2.68. The third kappa shape index (κ3) is 14.1. The zero-order valence-corrected chi connectivity index (χ0v) is 14.2. The lowest BCUT2D eigenvalue weighted by Gasteiger charge is -2.10. The van der Waals surface area contributed by atoms with Gasteiger partial charge in [-0.1, -0.05) is 77.6 Å². The van der Waals surface area contributed by atoms with E-state index in [4.69, 9.17) is 9.84 Å². The van der Waals surface area contributed by atoms with Gasteiger partial charge in [-0.2, -0.15) is 0 Å². The van der Waals surface area contributed by atoms with Crippen LogP contribution in [0.2, 0.25) is 0 Å². The molecule has 0 radical (unpaired) electrons. The number of aldehydes is 1. The van der Waals surface area contributed by atoms with Crippen molar-refractivity contribution in [3.8, 4) is 0 Å². The molecular weight excluding hydrogens is 280 g/mol. The van der Waals surface area contributed by atoms with Crippen molar-refractivity contribution in [3.05, 3.63) is 0 Å². The summed E-state index contributed by atoms with van der Waals surface area (Å²) in [5.41, 5.74) is 0. The summed E-state index contributed by atoms with van der Waals surface area (Å²) in [5, 5.41) is 8.81. The lowest BCUT2D eigenvalue weighted by Crippen LogP contribution is -2.24. The fourth-order valence-corrected chi connectivity index (χ4v) is 2.50. The van der Waals surface area contributed by atoms with E-state index in [1.54, 1.807) is 0 Å². The molecule has 0 spiro atoms. The summed E-state index contributed by atoms with van der Waals surface area (Å²) < 4.78 is 5.21. The van der Waals surface area contributed by atoms with Gasteiger partial charge in [-0.25, -0.2) is 4.79 Å². The number of hydrogen-bond donors (Lipinski definition) is 1. The van der Waals surface area contributed by atoms with Gasteiger partial charge in [0.2, 0.25) is 0 Å². The van der Waals surface area contributed by atoms with Gasteiger partial charge in [0, 0.05) is 13.0 Å². The van der Waals surface area contributed by atoms with Crippen LogP contribution >= 0.6 is 0 Å². The van der Waals surface area contributed by atoms with Gasteiger partial charge in [0.25, 0.3) is 0 Å². The van der Waals surface area contributed by atoms with E-state index in [1.165, 1.54) is 64.2 Å². The van der Waals surface area contributed by atoms with Crippen LogP contribution < -0.4 is 0 Å². The molecular formula is C18H34O4. The largest absolute Gasteiger partial charge is 0.479 e. The highest BCUT2D eigenvalue weighted by molar-refractivity contribution is 5.75. The number of hydrogen-bond acceptors (Lipinski definition) is 3. The van der Waals surface area contributed by atoms with Crippen molar-refractivity contribution < 1.29 is 19.4 Å². The van der Waals surface area contributed by atoms with Gasteiger partial charge in [0.15, 0.2) is 6.10 Å². The third-order valence-electron chi connectivity index (χ3n) is 3.90. The Balaban J connectivity index is 3.23. The molecule has 0 saturated carbocycles. The highest BCUT2D eigenvalue weighted by Gasteiger charge is 2.16. The van der Waals surface area contributed by atoms with Gasteiger partial charge in [0.05, 0.1) is 0 Å². The topological polar surface area (TPSA) is 63.6 Å². The summed E-state index contributed by atoms with van der Waals surface area (Å²) in [4.78, 5) is 21.1. The molecule has 0 aliphatic heterocycles. The minimum Gasteiger partial charge on any atom is -0.479 e. The fraction of sp³-hybridized carbons (Fsp3) is 0.889. The molecule has 0 amide bonds. The summed E-state index contributed by atoms with van der Waals surface area (Å²) in [6, 6.07) is 0. The average molecular weight is 314 g/mol. The van der Waals surface area contributed by atoms with Crippen LogP contribution in [0.3, 0.4) is 0 Å². The first kappa shape index (κ1) is 21.1. The quantitative estimate of drug-likeness (QED) is 0.311. The molecule has 0 aromatic carbocycles. The summed E-state index contributed by atoms with van der Waals surface area (Å²) >= 11 is 0. The second kappa shape index (κ2) is 16.5. The zero-order chi connectivity index (χ0) is 16.5. The molecule has 0 heterocycles. The van der Waals surface area contributed by atoms with Crippen molar-refractivity contribution in [3.63, 3.8) is 0 Å². The van der Waals surface area contributed by atoms with Crippen LogP contribution in [0.5, 0.6) is 0 Å². The van der Waals surface area contributed by atoms with Crippen LogP contribution in [-0.2, 0) is 14.3 Å². The number of rotatable bonds is 17. The third-order valence-corrected chi connectivity index (χ3v) is 3.90. The van der Waals surface area contributed by atoms with Gasteiger partial charge in [-0.3, -0.25) is 0 Å². The predicted molar refractivity (Wildman–Crippen MR) is 89.1 cm³/mol. The fourth-order valence-electron chi connectivity index (χ4n) is 2.50. The Labute approximate surface area is 135 Å². The number of carbonyl (C=O) groups excluding carboxylic acids is 1. The number of carboxylic acid groups (broad SMARTS) is 1. The highest BCUT2D eigenvalue weighted by atomic mass is 16.5. The zero-order valence-electron chi connectivity index (χ0n) is 14.2. The Morgan fingerprint density at radius 3 is 1.77 bits per heavy atom. The Morgan fingerprint density at radius 1 is 0.909 bits per heavy atom. The number of unbranched alkanes of at least 4 members (excludes halogenated alkanes) is 11. The van der Waals surface area contributed by atoms with Crippen LogP contribution in [0.15, 0.2) is 0 Å². The lowest BCUT2D eigenvalue weighted by atomic mass is 10.1. The SMILES string of the molecule is CCCCCCCCCCCCCCOC(CC=O)C(=O)O. The second-order valence-electron chi connectivity index (χ2n) is 5.99. The Kier molecular flexibility index (Phi) is 15.8. The molecule has 0 saturated heterocycles. The van der Waals surface area contributed by atoms with Crippen LogP contribution in [-0.4, -0.2) is 30.1 Å². The maximum atomic E-state index is 10.8. The van der Waals surface area contributed by atoms with Gasteiger partial charge in [-0.15, -0.1) is 0 Å². The van der Waals surface area contributed by atoms with Crippen molar-refractivity contribution >= 4 is 12.3 Å². The van der Waals surface area contributed by atoms with E-state index in [1.807, 2.05) is 0 Å². The van der Waals surface area contributed by atoms with E-state index in [-0.39, 0.29) is 6.42 Å². The van der Waals surface area contributed by atoms with Gasteiger partial charge < -0.3 is 14.6 Å². The first-order chi connectivity index (χ1) is 10.7. The molecule has 4 nitrogen and oxygen atoms in total. The molecule has 0 rings (SSSR count). The van der Waals surface area contributed by atoms with E-state index < -0.39 is 12.1 Å². The normalized spacial score (nSPS) is 12.2. The monoisotopic (exact) mass is 314 g/mol. The number of aliphatic carboxylic acids is 1. The van der Waals surface area contributed by atoms with Crippen molar-refractivity contribution in [1.29, 1.82) is 0 Å². The van der Waals surface area contributed by atoms with Crippen LogP contribution in [0.4, 0.5) is 0 Å². The molecule has 130 valence electrons. The number of carboxylic acids is 1. The molecule has 1 atom stereocenters. The van der Waals surface area contributed by atoms with E-state index >= 15 is 0 Å². The smallest absolute Gasteiger partial charge is 0.333 e. The predicted octanol–water partition coefficient (Wildman–Crippen LogP) is 4.75. The minimum atomic E-state index is -1.05. The molecule has 1 unspecified atom stereocenters. The maximum Gasteiger partial charge on any atom is 0.333 e. The summed E-state index contributed by atoms with van der Waals surface area (Å²) in [6.07, 6.45) is 14.8.